The van der Waals surface area contributed by atoms with E-state index >= 15 is 0 Å². The Kier molecular flexibility index (Phi) is 4.64. The summed E-state index contributed by atoms with van der Waals surface area (Å²) in [7, 11) is 0. The molecule has 17 heavy (non-hydrogen) atoms. The summed E-state index contributed by atoms with van der Waals surface area (Å²) >= 11 is 6.36. The van der Waals surface area contributed by atoms with Gasteiger partial charge >= 0.3 is 0 Å². The zero-order chi connectivity index (χ0) is 13.2. The molecule has 0 bridgehead atoms. The van der Waals surface area contributed by atoms with Gasteiger partial charge in [0.05, 0.1) is 9.75 Å². The maximum atomic E-state index is 11.0. The molecule has 7 heteroatoms. The lowest BCUT2D eigenvalue weighted by atomic mass is 10.0. The van der Waals surface area contributed by atoms with Crippen LogP contribution in [0.1, 0.15) is 11.1 Å². The van der Waals surface area contributed by atoms with Crippen molar-refractivity contribution < 1.29 is 9.72 Å². The van der Waals surface area contributed by atoms with E-state index in [-0.39, 0.29) is 12.1 Å². The summed E-state index contributed by atoms with van der Waals surface area (Å²) in [6.45, 7) is 1.77. The van der Waals surface area contributed by atoms with E-state index in [0.717, 1.165) is 5.56 Å². The second-order valence-corrected chi connectivity index (χ2v) is 5.54. The van der Waals surface area contributed by atoms with Crippen LogP contribution in [-0.4, -0.2) is 15.7 Å². The number of benzene rings is 1. The van der Waals surface area contributed by atoms with Gasteiger partial charge < -0.3 is 5.73 Å². The molecule has 0 fully saturated rings. The molecule has 1 amide bonds. The van der Waals surface area contributed by atoms with Crippen molar-refractivity contribution in [3.63, 3.8) is 0 Å². The van der Waals surface area contributed by atoms with E-state index < -0.39 is 15.7 Å². The molecular weight excluding hydrogens is 356 g/mol. The molecule has 0 aliphatic heterocycles. The summed E-state index contributed by atoms with van der Waals surface area (Å²) < 4.78 is 0.606. The minimum absolute atomic E-state index is 0.0115. The van der Waals surface area contributed by atoms with Crippen molar-refractivity contribution in [2.75, 3.05) is 0 Å². The second kappa shape index (κ2) is 5.59. The first kappa shape index (κ1) is 14.1. The van der Waals surface area contributed by atoms with E-state index in [4.69, 9.17) is 5.73 Å². The molecule has 1 aromatic carbocycles. The first-order valence-electron chi connectivity index (χ1n) is 4.69. The first-order chi connectivity index (χ1) is 7.82. The number of hydrogen-bond donors (Lipinski definition) is 1. The summed E-state index contributed by atoms with van der Waals surface area (Å²) in [4.78, 5) is 20.8. The number of primary amides is 1. The van der Waals surface area contributed by atoms with Crippen LogP contribution < -0.4 is 5.73 Å². The Hall–Kier alpha value is -0.950. The molecule has 0 aliphatic rings. The van der Waals surface area contributed by atoms with Crippen molar-refractivity contribution in [2.24, 2.45) is 5.73 Å². The Morgan fingerprint density at radius 2 is 2.18 bits per heavy atom. The molecule has 1 rings (SSSR count). The van der Waals surface area contributed by atoms with Crippen LogP contribution >= 0.6 is 31.9 Å². The fraction of sp³-hybridized carbons (Fsp3) is 0.300. The smallest absolute Gasteiger partial charge is 0.274 e. The highest BCUT2D eigenvalue weighted by atomic mass is 79.9. The number of amides is 1. The van der Waals surface area contributed by atoms with Crippen molar-refractivity contribution in [1.29, 1.82) is 0 Å². The molecule has 2 N–H and O–H groups in total. The Bertz CT molecular complexity index is 477. The van der Waals surface area contributed by atoms with Crippen LogP contribution in [0.5, 0.6) is 0 Å². The van der Waals surface area contributed by atoms with Crippen molar-refractivity contribution >= 4 is 43.5 Å². The number of hydrogen-bond acceptors (Lipinski definition) is 3. The number of alkyl halides is 1. The molecule has 1 atom stereocenters. The Labute approximate surface area is 115 Å². The summed E-state index contributed by atoms with van der Waals surface area (Å²) in [5.41, 5.74) is 6.34. The third-order valence-corrected chi connectivity index (χ3v) is 3.69. The van der Waals surface area contributed by atoms with E-state index in [1.807, 2.05) is 0 Å². The van der Waals surface area contributed by atoms with Crippen LogP contribution in [0.25, 0.3) is 0 Å². The van der Waals surface area contributed by atoms with Crippen molar-refractivity contribution in [1.82, 2.24) is 0 Å². The minimum Gasteiger partial charge on any atom is -0.369 e. The Morgan fingerprint density at radius 1 is 1.59 bits per heavy atom. The highest BCUT2D eigenvalue weighted by Crippen LogP contribution is 2.30. The third kappa shape index (κ3) is 3.50. The molecule has 0 aliphatic carbocycles. The molecule has 0 saturated carbocycles. The fourth-order valence-corrected chi connectivity index (χ4v) is 2.45. The molecule has 0 saturated heterocycles. The normalized spacial score (nSPS) is 12.2. The zero-order valence-corrected chi connectivity index (χ0v) is 12.1. The lowest BCUT2D eigenvalue weighted by Gasteiger charge is -2.09. The Balaban J connectivity index is 3.21. The fourth-order valence-electron chi connectivity index (χ4n) is 1.40. The number of nitrogens with zero attached hydrogens (tertiary/aromatic N) is 1. The van der Waals surface area contributed by atoms with Crippen LogP contribution in [0.4, 0.5) is 5.69 Å². The van der Waals surface area contributed by atoms with E-state index in [1.165, 1.54) is 6.07 Å². The minimum atomic E-state index is -0.625. The van der Waals surface area contributed by atoms with Crippen LogP contribution in [0.3, 0.4) is 0 Å². The van der Waals surface area contributed by atoms with E-state index in [9.17, 15) is 14.9 Å². The predicted molar refractivity (Wildman–Crippen MR) is 71.1 cm³/mol. The Morgan fingerprint density at radius 3 is 2.65 bits per heavy atom. The highest BCUT2D eigenvalue weighted by Gasteiger charge is 2.22. The highest BCUT2D eigenvalue weighted by molar-refractivity contribution is 9.10. The van der Waals surface area contributed by atoms with E-state index in [1.54, 1.807) is 13.0 Å². The van der Waals surface area contributed by atoms with Crippen LogP contribution in [0.15, 0.2) is 16.6 Å². The van der Waals surface area contributed by atoms with Gasteiger partial charge in [0.25, 0.3) is 5.69 Å². The SMILES string of the molecule is Cc1cc(Br)c(CC(Br)C(N)=O)c([N+](=O)[O-])c1. The number of nitrogens with two attached hydrogens (primary N) is 1. The van der Waals surface area contributed by atoms with E-state index in [0.29, 0.717) is 10.0 Å². The first-order valence-corrected chi connectivity index (χ1v) is 6.40. The maximum Gasteiger partial charge on any atom is 0.274 e. The van der Waals surface area contributed by atoms with Crippen LogP contribution in [-0.2, 0) is 11.2 Å². The monoisotopic (exact) mass is 364 g/mol. The number of nitro groups is 1. The maximum absolute atomic E-state index is 11.0. The molecule has 0 spiro atoms. The van der Waals surface area contributed by atoms with Gasteiger partial charge in [-0.3, -0.25) is 14.9 Å². The van der Waals surface area contributed by atoms with Gasteiger partial charge in [0, 0.05) is 22.5 Å². The molecule has 0 radical (unpaired) electrons. The second-order valence-electron chi connectivity index (χ2n) is 3.58. The summed E-state index contributed by atoms with van der Waals surface area (Å²) in [5, 5.41) is 10.9. The van der Waals surface area contributed by atoms with Gasteiger partial charge in [-0.15, -0.1) is 0 Å². The number of aryl methyl sites for hydroxylation is 1. The number of halogens is 2. The average Bonchev–Trinajstić information content (AvgIpc) is 2.20. The number of carbonyl (C=O) groups is 1. The van der Waals surface area contributed by atoms with E-state index in [2.05, 4.69) is 31.9 Å². The largest absolute Gasteiger partial charge is 0.369 e. The topological polar surface area (TPSA) is 86.2 Å². The van der Waals surface area contributed by atoms with Gasteiger partial charge in [0.15, 0.2) is 0 Å². The molecule has 92 valence electrons. The lowest BCUT2D eigenvalue weighted by molar-refractivity contribution is -0.385. The summed E-state index contributed by atoms with van der Waals surface area (Å²) in [6.07, 6.45) is 0.173. The molecule has 0 heterocycles. The molecule has 1 aromatic rings. The predicted octanol–water partition coefficient (Wildman–Crippen LogP) is 2.46. The van der Waals surface area contributed by atoms with Gasteiger partial charge in [-0.25, -0.2) is 0 Å². The summed E-state index contributed by atoms with van der Waals surface area (Å²) in [6, 6.07) is 3.24. The third-order valence-electron chi connectivity index (χ3n) is 2.21. The van der Waals surface area contributed by atoms with Crippen molar-refractivity contribution in [2.45, 2.75) is 18.2 Å². The molecule has 1 unspecified atom stereocenters. The lowest BCUT2D eigenvalue weighted by Crippen LogP contribution is -2.25. The average molecular weight is 366 g/mol. The number of rotatable bonds is 4. The van der Waals surface area contributed by atoms with Gasteiger partial charge in [0.2, 0.25) is 5.91 Å². The number of nitro benzene ring substituents is 1. The summed E-state index contributed by atoms with van der Waals surface area (Å²) in [5.74, 6) is -0.549. The number of carbonyl (C=O) groups excluding carboxylic acids is 1. The quantitative estimate of drug-likeness (QED) is 0.505. The molecule has 0 aromatic heterocycles. The van der Waals surface area contributed by atoms with Crippen molar-refractivity contribution in [3.8, 4) is 0 Å². The van der Waals surface area contributed by atoms with Gasteiger partial charge in [-0.1, -0.05) is 31.9 Å². The van der Waals surface area contributed by atoms with Gasteiger partial charge in [-0.05, 0) is 18.6 Å². The van der Waals surface area contributed by atoms with Gasteiger partial charge in [0.1, 0.15) is 0 Å². The van der Waals surface area contributed by atoms with Crippen molar-refractivity contribution in [3.05, 3.63) is 37.8 Å². The van der Waals surface area contributed by atoms with Gasteiger partial charge in [-0.2, -0.15) is 0 Å². The standard InChI is InChI=1S/C10H10Br2N2O3/c1-5-2-7(11)6(4-8(12)10(13)15)9(3-5)14(16)17/h2-3,8H,4H2,1H3,(H2,13,15). The van der Waals surface area contributed by atoms with Crippen LogP contribution in [0, 0.1) is 17.0 Å². The molecular formula is C10H10Br2N2O3. The van der Waals surface area contributed by atoms with Crippen LogP contribution in [0.2, 0.25) is 0 Å². The molecule has 5 nitrogen and oxygen atoms in total. The zero-order valence-electron chi connectivity index (χ0n) is 8.94.